The first kappa shape index (κ1) is 9.05. The van der Waals surface area contributed by atoms with Crippen LogP contribution in [-0.2, 0) is 0 Å². The summed E-state index contributed by atoms with van der Waals surface area (Å²) in [6, 6.07) is 0.778. The fourth-order valence-electron chi connectivity index (χ4n) is 2.07. The molecule has 1 fully saturated rings. The molecule has 1 nitrogen and oxygen atoms in total. The first-order valence-electron chi connectivity index (χ1n) is 4.91. The maximum atomic E-state index is 3.41. The van der Waals surface area contributed by atoms with Crippen LogP contribution in [0.1, 0.15) is 39.5 Å². The van der Waals surface area contributed by atoms with E-state index in [1.807, 2.05) is 0 Å². The summed E-state index contributed by atoms with van der Waals surface area (Å²) in [4.78, 5) is 0. The van der Waals surface area contributed by atoms with Crippen LogP contribution in [0.25, 0.3) is 0 Å². The molecule has 0 aromatic rings. The van der Waals surface area contributed by atoms with Crippen molar-refractivity contribution in [2.45, 2.75) is 45.6 Å². The highest BCUT2D eigenvalue weighted by molar-refractivity contribution is 4.77. The molecule has 1 aliphatic carbocycles. The lowest BCUT2D eigenvalue weighted by molar-refractivity contribution is 0.379. The molecule has 0 amide bonds. The molecule has 3 unspecified atom stereocenters. The summed E-state index contributed by atoms with van der Waals surface area (Å²) >= 11 is 0. The second-order valence-corrected chi connectivity index (χ2v) is 4.13. The molecule has 1 rings (SSSR count). The van der Waals surface area contributed by atoms with Crippen LogP contribution < -0.4 is 5.32 Å². The third kappa shape index (κ3) is 2.48. The minimum atomic E-state index is 0.778. The van der Waals surface area contributed by atoms with Crippen LogP contribution in [0, 0.1) is 11.8 Å². The third-order valence-corrected chi connectivity index (χ3v) is 3.14. The van der Waals surface area contributed by atoms with Crippen LogP contribution in [0.15, 0.2) is 0 Å². The Hall–Kier alpha value is -0.0400. The minimum absolute atomic E-state index is 0.778. The molecule has 0 aromatic carbocycles. The van der Waals surface area contributed by atoms with Crippen molar-refractivity contribution >= 4 is 0 Å². The molecular formula is C10H21N. The van der Waals surface area contributed by atoms with Gasteiger partial charge < -0.3 is 5.32 Å². The molecule has 1 saturated carbocycles. The van der Waals surface area contributed by atoms with E-state index in [4.69, 9.17) is 0 Å². The molecule has 3 atom stereocenters. The zero-order chi connectivity index (χ0) is 8.27. The van der Waals surface area contributed by atoms with Gasteiger partial charge in [0.2, 0.25) is 0 Å². The smallest absolute Gasteiger partial charge is 0.00897 e. The van der Waals surface area contributed by atoms with E-state index in [1.54, 1.807) is 0 Å². The van der Waals surface area contributed by atoms with Gasteiger partial charge in [-0.05, 0) is 38.1 Å². The summed E-state index contributed by atoms with van der Waals surface area (Å²) < 4.78 is 0. The van der Waals surface area contributed by atoms with Crippen molar-refractivity contribution in [3.8, 4) is 0 Å². The van der Waals surface area contributed by atoms with Crippen LogP contribution in [0.3, 0.4) is 0 Å². The largest absolute Gasteiger partial charge is 0.317 e. The molecule has 0 spiro atoms. The molecule has 1 N–H and O–H groups in total. The van der Waals surface area contributed by atoms with E-state index in [0.29, 0.717) is 0 Å². The molecule has 1 heteroatoms. The lowest BCUT2D eigenvalue weighted by atomic mass is 9.97. The normalized spacial score (nSPS) is 40.1. The van der Waals surface area contributed by atoms with Crippen molar-refractivity contribution in [1.82, 2.24) is 5.32 Å². The molecule has 11 heavy (non-hydrogen) atoms. The van der Waals surface area contributed by atoms with Gasteiger partial charge in [-0.15, -0.1) is 0 Å². The van der Waals surface area contributed by atoms with Crippen molar-refractivity contribution in [2.24, 2.45) is 11.8 Å². The van der Waals surface area contributed by atoms with E-state index < -0.39 is 0 Å². The summed E-state index contributed by atoms with van der Waals surface area (Å²) in [5.41, 5.74) is 0. The highest BCUT2D eigenvalue weighted by atomic mass is 14.9. The summed E-state index contributed by atoms with van der Waals surface area (Å²) in [6.07, 6.45) is 5.63. The highest BCUT2D eigenvalue weighted by Gasteiger charge is 2.20. The zero-order valence-electron chi connectivity index (χ0n) is 8.06. The average molecular weight is 155 g/mol. The van der Waals surface area contributed by atoms with Gasteiger partial charge in [0.05, 0.1) is 0 Å². The summed E-state index contributed by atoms with van der Waals surface area (Å²) in [5, 5.41) is 3.41. The summed E-state index contributed by atoms with van der Waals surface area (Å²) in [6.45, 7) is 4.75. The molecule has 66 valence electrons. The van der Waals surface area contributed by atoms with Crippen LogP contribution >= 0.6 is 0 Å². The van der Waals surface area contributed by atoms with E-state index in [-0.39, 0.29) is 0 Å². The SMILES string of the molecule is CNC1CCC(C)CCC1C. The average Bonchev–Trinajstić information content (AvgIpc) is 2.15. The summed E-state index contributed by atoms with van der Waals surface area (Å²) in [7, 11) is 2.09. The lowest BCUT2D eigenvalue weighted by Gasteiger charge is -2.19. The van der Waals surface area contributed by atoms with E-state index in [2.05, 4.69) is 26.2 Å². The van der Waals surface area contributed by atoms with Crippen molar-refractivity contribution in [3.63, 3.8) is 0 Å². The van der Waals surface area contributed by atoms with E-state index in [1.165, 1.54) is 25.7 Å². The Morgan fingerprint density at radius 2 is 1.64 bits per heavy atom. The van der Waals surface area contributed by atoms with E-state index in [9.17, 15) is 0 Å². The van der Waals surface area contributed by atoms with Gasteiger partial charge >= 0.3 is 0 Å². The Labute approximate surface area is 70.6 Å². The number of nitrogens with one attached hydrogen (secondary N) is 1. The van der Waals surface area contributed by atoms with Gasteiger partial charge in [0, 0.05) is 6.04 Å². The molecule has 0 saturated heterocycles. The maximum Gasteiger partial charge on any atom is 0.00897 e. The first-order chi connectivity index (χ1) is 5.24. The van der Waals surface area contributed by atoms with Gasteiger partial charge in [-0.1, -0.05) is 20.3 Å². The quantitative estimate of drug-likeness (QED) is 0.573. The van der Waals surface area contributed by atoms with Crippen LogP contribution in [0.5, 0.6) is 0 Å². The Bertz CT molecular complexity index is 111. The highest BCUT2D eigenvalue weighted by Crippen LogP contribution is 2.26. The van der Waals surface area contributed by atoms with Crippen molar-refractivity contribution in [3.05, 3.63) is 0 Å². The van der Waals surface area contributed by atoms with Gasteiger partial charge in [-0.2, -0.15) is 0 Å². The maximum absolute atomic E-state index is 3.41. The van der Waals surface area contributed by atoms with E-state index >= 15 is 0 Å². The second kappa shape index (κ2) is 4.10. The van der Waals surface area contributed by atoms with Gasteiger partial charge in [-0.25, -0.2) is 0 Å². The van der Waals surface area contributed by atoms with Crippen molar-refractivity contribution in [1.29, 1.82) is 0 Å². The fraction of sp³-hybridized carbons (Fsp3) is 1.00. The molecule has 0 radical (unpaired) electrons. The van der Waals surface area contributed by atoms with Gasteiger partial charge in [0.15, 0.2) is 0 Å². The van der Waals surface area contributed by atoms with Gasteiger partial charge in [0.1, 0.15) is 0 Å². The standard InChI is InChI=1S/C10H21N/c1-8-4-6-9(2)10(11-3)7-5-8/h8-11H,4-7H2,1-3H3. The number of hydrogen-bond acceptors (Lipinski definition) is 1. The minimum Gasteiger partial charge on any atom is -0.317 e. The Morgan fingerprint density at radius 3 is 2.27 bits per heavy atom. The summed E-state index contributed by atoms with van der Waals surface area (Å²) in [5.74, 6) is 1.83. The van der Waals surface area contributed by atoms with Gasteiger partial charge in [-0.3, -0.25) is 0 Å². The van der Waals surface area contributed by atoms with Crippen molar-refractivity contribution < 1.29 is 0 Å². The topological polar surface area (TPSA) is 12.0 Å². The third-order valence-electron chi connectivity index (χ3n) is 3.14. The van der Waals surface area contributed by atoms with Crippen LogP contribution in [0.2, 0.25) is 0 Å². The Kier molecular flexibility index (Phi) is 3.38. The molecule has 0 aromatic heterocycles. The first-order valence-corrected chi connectivity index (χ1v) is 4.91. The zero-order valence-corrected chi connectivity index (χ0v) is 8.06. The van der Waals surface area contributed by atoms with E-state index in [0.717, 1.165) is 17.9 Å². The van der Waals surface area contributed by atoms with Crippen molar-refractivity contribution in [2.75, 3.05) is 7.05 Å². The van der Waals surface area contributed by atoms with Gasteiger partial charge in [0.25, 0.3) is 0 Å². The fourth-order valence-corrected chi connectivity index (χ4v) is 2.07. The molecule has 0 aliphatic heterocycles. The lowest BCUT2D eigenvalue weighted by Crippen LogP contribution is -2.30. The number of rotatable bonds is 1. The number of hydrogen-bond donors (Lipinski definition) is 1. The monoisotopic (exact) mass is 155 g/mol. The van der Waals surface area contributed by atoms with Crippen LogP contribution in [0.4, 0.5) is 0 Å². The Balaban J connectivity index is 2.41. The molecule has 1 aliphatic rings. The Morgan fingerprint density at radius 1 is 1.00 bits per heavy atom. The predicted molar refractivity (Wildman–Crippen MR) is 49.6 cm³/mol. The molecule has 0 heterocycles. The molecular weight excluding hydrogens is 134 g/mol. The second-order valence-electron chi connectivity index (χ2n) is 4.13. The predicted octanol–water partition coefficient (Wildman–Crippen LogP) is 2.42. The van der Waals surface area contributed by atoms with Crippen LogP contribution in [-0.4, -0.2) is 13.1 Å². The molecule has 0 bridgehead atoms.